The average molecular weight is 275 g/mol. The number of carbonyl (C=O) groups excluding carboxylic acids is 1. The molecular formula is C16H21NO3. The summed E-state index contributed by atoms with van der Waals surface area (Å²) >= 11 is 0. The van der Waals surface area contributed by atoms with Crippen molar-refractivity contribution in [2.75, 3.05) is 6.61 Å². The van der Waals surface area contributed by atoms with E-state index >= 15 is 0 Å². The molecule has 108 valence electrons. The van der Waals surface area contributed by atoms with E-state index in [1.807, 2.05) is 18.2 Å². The maximum atomic E-state index is 12.2. The Hall–Kier alpha value is -1.39. The summed E-state index contributed by atoms with van der Waals surface area (Å²) in [6.45, 7) is 4.99. The molecule has 1 aromatic carbocycles. The number of carbonyl (C=O) groups is 1. The molecule has 1 aliphatic heterocycles. The highest BCUT2D eigenvalue weighted by Crippen LogP contribution is 2.52. The van der Waals surface area contributed by atoms with E-state index in [9.17, 15) is 9.90 Å². The smallest absolute Gasteiger partial charge is 0.253 e. The summed E-state index contributed by atoms with van der Waals surface area (Å²) in [5, 5.41) is 13.1. The summed E-state index contributed by atoms with van der Waals surface area (Å²) in [4.78, 5) is 12.2. The topological polar surface area (TPSA) is 58.6 Å². The van der Waals surface area contributed by atoms with Crippen LogP contribution >= 0.6 is 0 Å². The molecule has 0 radical (unpaired) electrons. The maximum absolute atomic E-state index is 12.2. The van der Waals surface area contributed by atoms with Gasteiger partial charge in [0.05, 0.1) is 6.10 Å². The van der Waals surface area contributed by atoms with Crippen LogP contribution in [0.2, 0.25) is 0 Å². The van der Waals surface area contributed by atoms with E-state index in [-0.39, 0.29) is 23.5 Å². The number of benzene rings is 1. The SMILES string of the molecule is CC1(C)C(NC(=O)C(O)c2ccccc2)C2CCOC21. The lowest BCUT2D eigenvalue weighted by atomic mass is 9.57. The molecular weight excluding hydrogens is 254 g/mol. The van der Waals surface area contributed by atoms with Gasteiger partial charge in [-0.15, -0.1) is 0 Å². The van der Waals surface area contributed by atoms with Gasteiger partial charge in [-0.2, -0.15) is 0 Å². The van der Waals surface area contributed by atoms with Crippen LogP contribution in [0.15, 0.2) is 30.3 Å². The molecule has 4 heteroatoms. The summed E-state index contributed by atoms with van der Waals surface area (Å²) in [6.07, 6.45) is 0.121. The second kappa shape index (κ2) is 4.86. The molecule has 0 aromatic heterocycles. The van der Waals surface area contributed by atoms with E-state index in [4.69, 9.17) is 4.74 Å². The first-order valence-electron chi connectivity index (χ1n) is 7.17. The van der Waals surface area contributed by atoms with Gasteiger partial charge in [-0.3, -0.25) is 4.79 Å². The fraction of sp³-hybridized carbons (Fsp3) is 0.562. The summed E-state index contributed by atoms with van der Waals surface area (Å²) < 4.78 is 5.71. The van der Waals surface area contributed by atoms with Crippen molar-refractivity contribution in [3.05, 3.63) is 35.9 Å². The highest BCUT2D eigenvalue weighted by atomic mass is 16.5. The lowest BCUT2D eigenvalue weighted by molar-refractivity contribution is -0.144. The standard InChI is InChI=1S/C16H21NO3/c1-16(2)13(11-8-9-20-14(11)16)17-15(19)12(18)10-6-4-3-5-7-10/h3-7,11-14,18H,8-9H2,1-2H3,(H,17,19). The Morgan fingerprint density at radius 2 is 2.10 bits per heavy atom. The number of rotatable bonds is 3. The minimum Gasteiger partial charge on any atom is -0.378 e. The first-order valence-corrected chi connectivity index (χ1v) is 7.17. The second-order valence-electron chi connectivity index (χ2n) is 6.36. The average Bonchev–Trinajstić information content (AvgIpc) is 2.91. The monoisotopic (exact) mass is 275 g/mol. The van der Waals surface area contributed by atoms with Crippen LogP contribution in [0.4, 0.5) is 0 Å². The normalized spacial score (nSPS) is 32.0. The Balaban J connectivity index is 1.68. The van der Waals surface area contributed by atoms with Crippen LogP contribution in [0, 0.1) is 11.3 Å². The van der Waals surface area contributed by atoms with Crippen LogP contribution in [0.3, 0.4) is 0 Å². The first-order chi connectivity index (χ1) is 9.51. The Morgan fingerprint density at radius 3 is 2.80 bits per heavy atom. The number of nitrogens with one attached hydrogen (secondary N) is 1. The van der Waals surface area contributed by atoms with Gasteiger partial charge in [0.1, 0.15) is 0 Å². The Kier molecular flexibility index (Phi) is 3.30. The zero-order valence-electron chi connectivity index (χ0n) is 11.9. The Morgan fingerprint density at radius 1 is 1.40 bits per heavy atom. The minimum absolute atomic E-state index is 0.0623. The van der Waals surface area contributed by atoms with Crippen molar-refractivity contribution in [2.24, 2.45) is 11.3 Å². The molecule has 1 saturated carbocycles. The summed E-state index contributed by atoms with van der Waals surface area (Å²) in [5.74, 6) is 0.0662. The van der Waals surface area contributed by atoms with Crippen LogP contribution in [-0.2, 0) is 9.53 Å². The van der Waals surface area contributed by atoms with Gasteiger partial charge in [-0.25, -0.2) is 0 Å². The molecule has 0 bridgehead atoms. The molecule has 1 amide bonds. The van der Waals surface area contributed by atoms with Crippen LogP contribution in [-0.4, -0.2) is 29.8 Å². The number of hydrogen-bond acceptors (Lipinski definition) is 3. The maximum Gasteiger partial charge on any atom is 0.253 e. The molecule has 4 unspecified atom stereocenters. The van der Waals surface area contributed by atoms with Crippen molar-refractivity contribution >= 4 is 5.91 Å². The van der Waals surface area contributed by atoms with Gasteiger partial charge in [0, 0.05) is 24.0 Å². The Bertz CT molecular complexity index is 500. The quantitative estimate of drug-likeness (QED) is 0.882. The lowest BCUT2D eigenvalue weighted by Gasteiger charge is -2.54. The van der Waals surface area contributed by atoms with Gasteiger partial charge < -0.3 is 15.2 Å². The summed E-state index contributed by atoms with van der Waals surface area (Å²) in [5.41, 5.74) is 0.564. The van der Waals surface area contributed by atoms with E-state index < -0.39 is 6.10 Å². The minimum atomic E-state index is -1.10. The molecule has 3 rings (SSSR count). The van der Waals surface area contributed by atoms with Crippen LogP contribution < -0.4 is 5.32 Å². The predicted molar refractivity (Wildman–Crippen MR) is 75.0 cm³/mol. The largest absolute Gasteiger partial charge is 0.378 e. The van der Waals surface area contributed by atoms with Gasteiger partial charge in [0.15, 0.2) is 6.10 Å². The van der Waals surface area contributed by atoms with Crippen molar-refractivity contribution in [1.29, 1.82) is 0 Å². The number of fused-ring (bicyclic) bond motifs is 1. The summed E-state index contributed by atoms with van der Waals surface area (Å²) in [6, 6.07) is 9.11. The number of hydrogen-bond donors (Lipinski definition) is 2. The first kappa shape index (κ1) is 13.6. The lowest BCUT2D eigenvalue weighted by Crippen LogP contribution is -2.67. The molecule has 2 N–H and O–H groups in total. The molecule has 1 saturated heterocycles. The third-order valence-electron chi connectivity index (χ3n) is 4.76. The van der Waals surface area contributed by atoms with Crippen molar-refractivity contribution in [3.63, 3.8) is 0 Å². The highest BCUT2D eigenvalue weighted by molar-refractivity contribution is 5.82. The van der Waals surface area contributed by atoms with E-state index in [2.05, 4.69) is 19.2 Å². The van der Waals surface area contributed by atoms with Crippen molar-refractivity contribution in [2.45, 2.75) is 38.5 Å². The number of aliphatic hydroxyl groups excluding tert-OH is 1. The van der Waals surface area contributed by atoms with Crippen molar-refractivity contribution in [1.82, 2.24) is 5.32 Å². The van der Waals surface area contributed by atoms with Crippen LogP contribution in [0.1, 0.15) is 31.9 Å². The fourth-order valence-electron chi connectivity index (χ4n) is 3.64. The molecule has 1 aromatic rings. The molecule has 20 heavy (non-hydrogen) atoms. The zero-order chi connectivity index (χ0) is 14.3. The highest BCUT2D eigenvalue weighted by Gasteiger charge is 2.59. The molecule has 4 nitrogen and oxygen atoms in total. The van der Waals surface area contributed by atoms with Gasteiger partial charge in [0.2, 0.25) is 0 Å². The van der Waals surface area contributed by atoms with Gasteiger partial charge in [-0.1, -0.05) is 44.2 Å². The second-order valence-corrected chi connectivity index (χ2v) is 6.36. The molecule has 0 spiro atoms. The number of amides is 1. The summed E-state index contributed by atoms with van der Waals surface area (Å²) in [7, 11) is 0. The third kappa shape index (κ3) is 2.03. The van der Waals surface area contributed by atoms with E-state index in [0.717, 1.165) is 13.0 Å². The number of ether oxygens (including phenoxy) is 1. The number of aliphatic hydroxyl groups is 1. The molecule has 4 atom stereocenters. The van der Waals surface area contributed by atoms with Crippen molar-refractivity contribution < 1.29 is 14.6 Å². The fourth-order valence-corrected chi connectivity index (χ4v) is 3.64. The van der Waals surface area contributed by atoms with E-state index in [1.54, 1.807) is 12.1 Å². The Labute approximate surface area is 119 Å². The third-order valence-corrected chi connectivity index (χ3v) is 4.76. The van der Waals surface area contributed by atoms with E-state index in [1.165, 1.54) is 0 Å². The predicted octanol–water partition coefficient (Wildman–Crippen LogP) is 1.65. The molecule has 1 aliphatic carbocycles. The van der Waals surface area contributed by atoms with Gasteiger partial charge in [-0.05, 0) is 12.0 Å². The molecule has 2 fully saturated rings. The van der Waals surface area contributed by atoms with Gasteiger partial charge in [0.25, 0.3) is 5.91 Å². The van der Waals surface area contributed by atoms with E-state index in [0.29, 0.717) is 11.5 Å². The van der Waals surface area contributed by atoms with Crippen LogP contribution in [0.5, 0.6) is 0 Å². The zero-order valence-corrected chi connectivity index (χ0v) is 11.9. The van der Waals surface area contributed by atoms with Crippen molar-refractivity contribution in [3.8, 4) is 0 Å². The van der Waals surface area contributed by atoms with Gasteiger partial charge >= 0.3 is 0 Å². The van der Waals surface area contributed by atoms with Crippen LogP contribution in [0.25, 0.3) is 0 Å². The molecule has 1 heterocycles. The molecule has 2 aliphatic rings.